The molecule has 1 aliphatic heterocycles. The second-order valence-electron chi connectivity index (χ2n) is 14.1. The Labute approximate surface area is 292 Å². The first-order valence-electron chi connectivity index (χ1n) is 20.7. The molecule has 0 aromatic rings. The highest BCUT2D eigenvalue weighted by Crippen LogP contribution is 2.14. The quantitative estimate of drug-likeness (QED) is 0.0308. The van der Waals surface area contributed by atoms with Crippen molar-refractivity contribution < 1.29 is 19.2 Å². The smallest absolute Gasteiger partial charge is 0.305 e. The van der Waals surface area contributed by atoms with Crippen LogP contribution in [0.2, 0.25) is 0 Å². The van der Waals surface area contributed by atoms with Gasteiger partial charge in [-0.25, -0.2) is 0 Å². The van der Waals surface area contributed by atoms with Crippen molar-refractivity contribution in [3.05, 3.63) is 24.3 Å². The number of nitrogens with one attached hydrogen (secondary N) is 1. The molecule has 0 spiro atoms. The average Bonchev–Trinajstić information content (AvgIpc) is 3.45. The van der Waals surface area contributed by atoms with E-state index in [0.29, 0.717) is 25.6 Å². The van der Waals surface area contributed by atoms with Crippen LogP contribution in [0.3, 0.4) is 0 Å². The normalized spacial score (nSPS) is 15.0. The number of ether oxygens (including phenoxy) is 1. The number of carbonyl (C=O) groups is 1. The topological polar surface area (TPSA) is 61.6 Å². The van der Waals surface area contributed by atoms with Gasteiger partial charge in [-0.1, -0.05) is 141 Å². The summed E-state index contributed by atoms with van der Waals surface area (Å²) in [6.07, 6.45) is 45.5. The summed E-state index contributed by atoms with van der Waals surface area (Å²) in [5.41, 5.74) is 0. The van der Waals surface area contributed by atoms with Crippen LogP contribution in [0.1, 0.15) is 200 Å². The Kier molecular flexibility index (Phi) is 31.6. The first-order valence-corrected chi connectivity index (χ1v) is 20.7. The molecular weight excluding hydrogens is 580 g/mol. The van der Waals surface area contributed by atoms with E-state index in [4.69, 9.17) is 4.74 Å². The van der Waals surface area contributed by atoms with Crippen LogP contribution >= 0.6 is 0 Å². The highest BCUT2D eigenvalue weighted by Gasteiger charge is 2.30. The third-order valence-electron chi connectivity index (χ3n) is 9.70. The van der Waals surface area contributed by atoms with Crippen molar-refractivity contribution in [2.75, 3.05) is 26.3 Å². The zero-order valence-corrected chi connectivity index (χ0v) is 31.4. The monoisotopic (exact) mass is 660 g/mol. The predicted octanol–water partition coefficient (Wildman–Crippen LogP) is 11.4. The van der Waals surface area contributed by atoms with Crippen molar-refractivity contribution in [2.24, 2.45) is 0 Å². The maximum absolute atomic E-state index is 12.3. The number of esters is 1. The summed E-state index contributed by atoms with van der Waals surface area (Å²) in [6, 6.07) is 0.299. The number of hydrogen-bond donors (Lipinski definition) is 2. The van der Waals surface area contributed by atoms with Crippen LogP contribution in [0.25, 0.3) is 0 Å². The Morgan fingerprint density at radius 3 is 1.62 bits per heavy atom. The molecule has 5 nitrogen and oxygen atoms in total. The molecule has 0 saturated carbocycles. The Morgan fingerprint density at radius 1 is 0.681 bits per heavy atom. The fourth-order valence-electron chi connectivity index (χ4n) is 6.67. The molecule has 1 aliphatic rings. The fraction of sp³-hybridized carbons (Fsp3) is 0.857. The lowest BCUT2D eigenvalue weighted by Crippen LogP contribution is -2.30. The number of nitrogens with zero attached hydrogens (tertiary/aromatic N) is 1. The summed E-state index contributed by atoms with van der Waals surface area (Å²) in [6.45, 7) is 6.71. The second kappa shape index (κ2) is 34.3. The van der Waals surface area contributed by atoms with Crippen molar-refractivity contribution in [2.45, 2.75) is 206 Å². The molecule has 5 heteroatoms. The third kappa shape index (κ3) is 27.0. The summed E-state index contributed by atoms with van der Waals surface area (Å²) < 4.78 is 7.92. The van der Waals surface area contributed by atoms with Gasteiger partial charge in [-0.15, -0.1) is 0 Å². The van der Waals surface area contributed by atoms with Gasteiger partial charge >= 0.3 is 5.97 Å². The Morgan fingerprint density at radius 2 is 1.13 bits per heavy atom. The third-order valence-corrected chi connectivity index (χ3v) is 9.70. The maximum Gasteiger partial charge on any atom is 0.305 e. The van der Waals surface area contributed by atoms with E-state index in [1.165, 1.54) is 160 Å². The van der Waals surface area contributed by atoms with Crippen molar-refractivity contribution in [1.82, 2.24) is 5.32 Å². The lowest BCUT2D eigenvalue weighted by molar-refractivity contribution is -0.559. The van der Waals surface area contributed by atoms with E-state index in [9.17, 15) is 9.90 Å². The molecule has 0 amide bonds. The van der Waals surface area contributed by atoms with Gasteiger partial charge in [-0.05, 0) is 64.2 Å². The van der Waals surface area contributed by atoms with Crippen LogP contribution in [0.5, 0.6) is 0 Å². The van der Waals surface area contributed by atoms with Gasteiger partial charge in [-0.2, -0.15) is 0 Å². The minimum absolute atomic E-state index is 0.0557. The number of carbonyl (C=O) groups excluding carboxylic acids is 1. The molecule has 0 fully saturated rings. The van der Waals surface area contributed by atoms with Gasteiger partial charge in [0.2, 0.25) is 5.84 Å². The molecule has 0 saturated heterocycles. The first-order chi connectivity index (χ1) is 23.2. The summed E-state index contributed by atoms with van der Waals surface area (Å²) in [4.78, 5) is 12.3. The van der Waals surface area contributed by atoms with Gasteiger partial charge in [0.25, 0.3) is 0 Å². The maximum atomic E-state index is 12.3. The van der Waals surface area contributed by atoms with E-state index in [0.717, 1.165) is 32.2 Å². The molecule has 1 atom stereocenters. The number of unbranched alkanes of at least 4 members (excludes halogenated alkanes) is 22. The number of allylic oxidation sites excluding steroid dienone is 4. The molecule has 274 valence electrons. The number of rotatable bonds is 35. The molecule has 1 unspecified atom stereocenters. The number of aliphatic hydroxyl groups is 1. The van der Waals surface area contributed by atoms with Crippen molar-refractivity contribution >= 4 is 11.8 Å². The summed E-state index contributed by atoms with van der Waals surface area (Å²) in [7, 11) is 0. The van der Waals surface area contributed by atoms with Gasteiger partial charge < -0.3 is 9.84 Å². The minimum atomic E-state index is -0.0557. The largest absolute Gasteiger partial charge is 0.465 e. The van der Waals surface area contributed by atoms with Crippen molar-refractivity contribution in [1.29, 1.82) is 0 Å². The van der Waals surface area contributed by atoms with Crippen LogP contribution in [0.15, 0.2) is 24.3 Å². The Bertz CT molecular complexity index is 791. The van der Waals surface area contributed by atoms with Crippen LogP contribution in [-0.4, -0.2) is 53.8 Å². The predicted molar refractivity (Wildman–Crippen MR) is 203 cm³/mol. The van der Waals surface area contributed by atoms with Gasteiger partial charge in [-0.3, -0.25) is 14.7 Å². The van der Waals surface area contributed by atoms with Crippen molar-refractivity contribution in [3.63, 3.8) is 0 Å². The van der Waals surface area contributed by atoms with Gasteiger partial charge in [0.15, 0.2) is 0 Å². The number of hydrogen-bond acceptors (Lipinski definition) is 4. The van der Waals surface area contributed by atoms with E-state index in [2.05, 4.69) is 48.0 Å². The van der Waals surface area contributed by atoms with E-state index in [-0.39, 0.29) is 12.6 Å². The first kappa shape index (κ1) is 43.4. The van der Waals surface area contributed by atoms with Gasteiger partial charge in [0.05, 0.1) is 13.2 Å². The standard InChI is InChI=1S/C42H78N2O3/c1-3-5-7-9-11-13-15-17-19-21-23-25-27-29-31-33-41-43-39-40(44(41)36-37-45)35-38-47-42(46)34-32-30-28-26-24-22-20-18-16-14-12-10-8-6-4-2/h17-20,40,45H,3-16,21-39H2,1-2H3/p+1/b19-17?,20-18-. The second-order valence-corrected chi connectivity index (χ2v) is 14.1. The molecule has 47 heavy (non-hydrogen) atoms. The number of aliphatic hydroxyl groups excluding tert-OH is 1. The van der Waals surface area contributed by atoms with Crippen LogP contribution in [0.4, 0.5) is 0 Å². The molecule has 2 N–H and O–H groups in total. The summed E-state index contributed by atoms with van der Waals surface area (Å²) in [5.74, 6) is 1.21. The van der Waals surface area contributed by atoms with E-state index in [1.54, 1.807) is 0 Å². The molecule has 0 aromatic heterocycles. The summed E-state index contributed by atoms with van der Waals surface area (Å²) >= 11 is 0. The highest BCUT2D eigenvalue weighted by atomic mass is 16.5. The highest BCUT2D eigenvalue weighted by molar-refractivity contribution is 5.78. The van der Waals surface area contributed by atoms with Crippen LogP contribution in [-0.2, 0) is 9.53 Å². The zero-order chi connectivity index (χ0) is 33.9. The summed E-state index contributed by atoms with van der Waals surface area (Å²) in [5, 5.41) is 13.3. The minimum Gasteiger partial charge on any atom is -0.465 e. The zero-order valence-electron chi connectivity index (χ0n) is 31.4. The molecule has 0 aliphatic carbocycles. The lowest BCUT2D eigenvalue weighted by atomic mass is 10.1. The van der Waals surface area contributed by atoms with E-state index >= 15 is 0 Å². The molecular formula is C42H79N2O3+. The molecule has 0 bridgehead atoms. The van der Waals surface area contributed by atoms with E-state index in [1.807, 2.05) is 0 Å². The SMILES string of the molecule is CCCCCCCCC=CCCCCCCCC1=[N+](CCO)C(CCOC(=O)CCCCCCC/C=C\CCCCCCCC)CN1. The molecule has 0 aromatic carbocycles. The van der Waals surface area contributed by atoms with Gasteiger partial charge in [0, 0.05) is 19.3 Å². The van der Waals surface area contributed by atoms with E-state index < -0.39 is 0 Å². The molecule has 1 rings (SSSR count). The average molecular weight is 660 g/mol. The van der Waals surface area contributed by atoms with Gasteiger partial charge in [0.1, 0.15) is 19.1 Å². The molecule has 0 radical (unpaired) electrons. The Balaban J connectivity index is 2.03. The van der Waals surface area contributed by atoms with Crippen LogP contribution < -0.4 is 5.32 Å². The van der Waals surface area contributed by atoms with Crippen LogP contribution in [0, 0.1) is 0 Å². The number of β-amino-alcohol motifs (C(OH)–C–C–N with tert-alkyl or cyclic N) is 1. The molecule has 1 heterocycles. The van der Waals surface area contributed by atoms with Crippen molar-refractivity contribution in [3.8, 4) is 0 Å². The lowest BCUT2D eigenvalue weighted by Gasteiger charge is -2.12. The Hall–Kier alpha value is -1.62. The number of amidine groups is 1. The fourth-order valence-corrected chi connectivity index (χ4v) is 6.67.